The Morgan fingerprint density at radius 3 is 2.55 bits per heavy atom. The number of imide groups is 1. The van der Waals surface area contributed by atoms with E-state index in [0.29, 0.717) is 11.7 Å². The van der Waals surface area contributed by atoms with Crippen LogP contribution in [0, 0.1) is 5.82 Å². The van der Waals surface area contributed by atoms with E-state index in [1.54, 1.807) is 12.1 Å². The van der Waals surface area contributed by atoms with E-state index in [4.69, 9.17) is 0 Å². The van der Waals surface area contributed by atoms with Crippen molar-refractivity contribution in [2.45, 2.75) is 50.7 Å². The van der Waals surface area contributed by atoms with Crippen molar-refractivity contribution in [1.82, 2.24) is 30.3 Å². The molecule has 1 saturated heterocycles. The first-order valence-corrected chi connectivity index (χ1v) is 11.6. The molecule has 3 amide bonds. The quantitative estimate of drug-likeness (QED) is 0.602. The van der Waals surface area contributed by atoms with Crippen LogP contribution < -0.4 is 10.6 Å². The van der Waals surface area contributed by atoms with Gasteiger partial charge in [-0.2, -0.15) is 0 Å². The van der Waals surface area contributed by atoms with Crippen molar-refractivity contribution >= 4 is 23.7 Å². The van der Waals surface area contributed by atoms with Gasteiger partial charge in [-0.25, -0.2) is 9.18 Å². The number of nitrogens with one attached hydrogen (secondary N) is 2. The molecule has 8 nitrogen and oxygen atoms in total. The highest BCUT2D eigenvalue weighted by Crippen LogP contribution is 2.29. The summed E-state index contributed by atoms with van der Waals surface area (Å²) in [5, 5.41) is 14.2. The summed E-state index contributed by atoms with van der Waals surface area (Å²) in [6.45, 7) is 6.52. The lowest BCUT2D eigenvalue weighted by molar-refractivity contribution is -0.117. The van der Waals surface area contributed by atoms with Gasteiger partial charge in [-0.15, -0.1) is 10.2 Å². The highest BCUT2D eigenvalue weighted by Gasteiger charge is 2.26. The maximum Gasteiger partial charge on any atom is 0.321 e. The molecule has 1 aromatic heterocycles. The number of urea groups is 1. The molecule has 2 N–H and O–H groups in total. The molecule has 1 unspecified atom stereocenters. The van der Waals surface area contributed by atoms with Gasteiger partial charge in [0, 0.05) is 12.2 Å². The number of halogens is 1. The zero-order valence-corrected chi connectivity index (χ0v) is 18.8. The first-order chi connectivity index (χ1) is 15.0. The van der Waals surface area contributed by atoms with Gasteiger partial charge in [-0.05, 0) is 63.5 Å². The van der Waals surface area contributed by atoms with Gasteiger partial charge in [0.1, 0.15) is 5.82 Å². The van der Waals surface area contributed by atoms with Crippen LogP contribution in [0.2, 0.25) is 0 Å². The topological polar surface area (TPSA) is 92.2 Å². The second-order valence-electron chi connectivity index (χ2n) is 7.52. The van der Waals surface area contributed by atoms with Crippen LogP contribution in [-0.4, -0.2) is 57.0 Å². The van der Waals surface area contributed by atoms with Gasteiger partial charge in [-0.1, -0.05) is 25.1 Å². The fourth-order valence-electron chi connectivity index (χ4n) is 3.52. The minimum Gasteiger partial charge on any atom is -0.338 e. The molecule has 2 heterocycles. The minimum atomic E-state index is -0.508. The number of hydrogen-bond acceptors (Lipinski definition) is 6. The Morgan fingerprint density at radius 1 is 1.16 bits per heavy atom. The van der Waals surface area contributed by atoms with Crippen molar-refractivity contribution in [3.05, 3.63) is 35.9 Å². The number of carbonyl (C=O) groups excluding carboxylic acids is 2. The molecule has 3 rings (SSSR count). The van der Waals surface area contributed by atoms with Crippen LogP contribution in [0.3, 0.4) is 0 Å². The summed E-state index contributed by atoms with van der Waals surface area (Å²) in [4.78, 5) is 26.2. The molecule has 168 valence electrons. The number of benzene rings is 1. The van der Waals surface area contributed by atoms with Gasteiger partial charge in [0.25, 0.3) is 0 Å². The van der Waals surface area contributed by atoms with Gasteiger partial charge in [0.15, 0.2) is 11.0 Å². The van der Waals surface area contributed by atoms with Crippen molar-refractivity contribution in [2.75, 3.05) is 25.4 Å². The van der Waals surface area contributed by atoms with E-state index in [0.717, 1.165) is 43.9 Å². The zero-order valence-electron chi connectivity index (χ0n) is 17.9. The molecule has 0 aliphatic carbocycles. The van der Waals surface area contributed by atoms with Gasteiger partial charge < -0.3 is 5.32 Å². The fraction of sp³-hybridized carbons (Fsp3) is 0.524. The van der Waals surface area contributed by atoms with Gasteiger partial charge in [0.2, 0.25) is 5.91 Å². The maximum atomic E-state index is 13.5. The molecule has 1 aliphatic rings. The van der Waals surface area contributed by atoms with Crippen LogP contribution in [0.4, 0.5) is 9.18 Å². The van der Waals surface area contributed by atoms with Crippen LogP contribution in [0.5, 0.6) is 0 Å². The molecular formula is C21H29FN6O2S. The van der Waals surface area contributed by atoms with Crippen molar-refractivity contribution in [2.24, 2.45) is 0 Å². The van der Waals surface area contributed by atoms with E-state index >= 15 is 0 Å². The molecule has 1 aliphatic heterocycles. The largest absolute Gasteiger partial charge is 0.338 e. The van der Waals surface area contributed by atoms with E-state index < -0.39 is 11.9 Å². The van der Waals surface area contributed by atoms with E-state index in [9.17, 15) is 14.0 Å². The first-order valence-electron chi connectivity index (χ1n) is 10.7. The van der Waals surface area contributed by atoms with Gasteiger partial charge in [-0.3, -0.25) is 19.6 Å². The normalized spacial score (nSPS) is 15.5. The smallest absolute Gasteiger partial charge is 0.321 e. The molecule has 0 bridgehead atoms. The average molecular weight is 449 g/mol. The summed E-state index contributed by atoms with van der Waals surface area (Å²) in [7, 11) is 0. The fourth-order valence-corrected chi connectivity index (χ4v) is 4.28. The Hall–Kier alpha value is -2.46. The number of amides is 3. The van der Waals surface area contributed by atoms with Crippen molar-refractivity contribution in [1.29, 1.82) is 0 Å². The minimum absolute atomic E-state index is 0.0109. The molecule has 10 heteroatoms. The number of piperidine rings is 1. The predicted molar refractivity (Wildman–Crippen MR) is 118 cm³/mol. The molecule has 1 fully saturated rings. The van der Waals surface area contributed by atoms with Gasteiger partial charge in [0.05, 0.1) is 11.8 Å². The van der Waals surface area contributed by atoms with Crippen LogP contribution in [0.1, 0.15) is 51.4 Å². The van der Waals surface area contributed by atoms with Gasteiger partial charge >= 0.3 is 6.03 Å². The third kappa shape index (κ3) is 6.27. The van der Waals surface area contributed by atoms with Crippen LogP contribution in [0.25, 0.3) is 5.69 Å². The third-order valence-corrected chi connectivity index (χ3v) is 6.11. The summed E-state index contributed by atoms with van der Waals surface area (Å²) in [5.74, 6) is 0.0147. The number of nitrogens with zero attached hydrogens (tertiary/aromatic N) is 4. The SMILES string of the molecule is CCCNC(=O)NC(=O)CSc1nnc(C(C)N2CCCCC2)n1-c1ccc(F)cc1. The lowest BCUT2D eigenvalue weighted by Crippen LogP contribution is -2.40. The Balaban J connectivity index is 1.78. The van der Waals surface area contributed by atoms with Crippen molar-refractivity contribution in [3.8, 4) is 5.69 Å². The Bertz CT molecular complexity index is 882. The summed E-state index contributed by atoms with van der Waals surface area (Å²) in [5.41, 5.74) is 0.730. The second-order valence-corrected chi connectivity index (χ2v) is 8.46. The summed E-state index contributed by atoms with van der Waals surface area (Å²) >= 11 is 1.19. The molecule has 1 aromatic carbocycles. The summed E-state index contributed by atoms with van der Waals surface area (Å²) in [6.07, 6.45) is 4.32. The van der Waals surface area contributed by atoms with E-state index in [-0.39, 0.29) is 17.6 Å². The van der Waals surface area contributed by atoms with Crippen LogP contribution in [-0.2, 0) is 4.79 Å². The second kappa shape index (κ2) is 11.2. The molecule has 2 aromatic rings. The van der Waals surface area contributed by atoms with Crippen molar-refractivity contribution in [3.63, 3.8) is 0 Å². The number of hydrogen-bond donors (Lipinski definition) is 2. The van der Waals surface area contributed by atoms with Crippen molar-refractivity contribution < 1.29 is 14.0 Å². The van der Waals surface area contributed by atoms with Crippen LogP contribution >= 0.6 is 11.8 Å². The molecule has 31 heavy (non-hydrogen) atoms. The maximum absolute atomic E-state index is 13.5. The van der Waals surface area contributed by atoms with E-state index in [1.807, 2.05) is 11.5 Å². The third-order valence-electron chi connectivity index (χ3n) is 5.18. The standard InChI is InChI=1S/C21H29FN6O2S/c1-3-11-23-20(30)24-18(29)14-31-21-26-25-19(15(2)27-12-5-4-6-13-27)28(21)17-9-7-16(22)8-10-17/h7-10,15H,3-6,11-14H2,1-2H3,(H2,23,24,29,30). The average Bonchev–Trinajstić information content (AvgIpc) is 3.20. The number of aromatic nitrogens is 3. The summed E-state index contributed by atoms with van der Waals surface area (Å²) in [6, 6.07) is 5.65. The molecule has 1 atom stereocenters. The molecule has 0 radical (unpaired) electrons. The first kappa shape index (κ1) is 23.2. The van der Waals surface area contributed by atoms with Crippen LogP contribution in [0.15, 0.2) is 29.4 Å². The monoisotopic (exact) mass is 448 g/mol. The number of carbonyl (C=O) groups is 2. The lowest BCUT2D eigenvalue weighted by atomic mass is 10.1. The Morgan fingerprint density at radius 2 is 1.87 bits per heavy atom. The molecule has 0 saturated carbocycles. The Kier molecular flexibility index (Phi) is 8.42. The summed E-state index contributed by atoms with van der Waals surface area (Å²) < 4.78 is 15.4. The highest BCUT2D eigenvalue weighted by atomic mass is 32.2. The number of likely N-dealkylation sites (tertiary alicyclic amines) is 1. The zero-order chi connectivity index (χ0) is 22.2. The molecule has 0 spiro atoms. The number of rotatable bonds is 8. The Labute approximate surface area is 186 Å². The predicted octanol–water partition coefficient (Wildman–Crippen LogP) is 3.28. The lowest BCUT2D eigenvalue weighted by Gasteiger charge is -2.31. The highest BCUT2D eigenvalue weighted by molar-refractivity contribution is 7.99. The van der Waals surface area contributed by atoms with E-state index in [2.05, 4.69) is 32.7 Å². The molecular weight excluding hydrogens is 419 g/mol. The van der Waals surface area contributed by atoms with E-state index in [1.165, 1.54) is 30.3 Å². The number of thioether (sulfide) groups is 1.